The highest BCUT2D eigenvalue weighted by atomic mass is 16.5. The minimum Gasteiger partial charge on any atom is -0.493 e. The van der Waals surface area contributed by atoms with Crippen LogP contribution in [0.5, 0.6) is 17.4 Å². The number of hydrogen-bond donors (Lipinski definition) is 1. The molecule has 5 nitrogen and oxygen atoms in total. The zero-order valence-electron chi connectivity index (χ0n) is 11.2. The Morgan fingerprint density at radius 2 is 2.05 bits per heavy atom. The molecular weight excluding hydrogens is 256 g/mol. The van der Waals surface area contributed by atoms with Gasteiger partial charge in [0.15, 0.2) is 11.5 Å². The average molecular weight is 270 g/mol. The molecule has 2 aromatic rings. The number of pyridine rings is 1. The number of ether oxygens (including phenoxy) is 2. The molecule has 20 heavy (non-hydrogen) atoms. The molecule has 0 saturated carbocycles. The number of aliphatic hydroxyl groups excluding tert-OH is 1. The molecule has 0 aliphatic rings. The van der Waals surface area contributed by atoms with Crippen LogP contribution in [0.25, 0.3) is 0 Å². The smallest absolute Gasteiger partial charge is 0.219 e. The SMILES string of the molecule is COc1cc(C#N)ccc1Oc1ccc(C(C)O)cn1. The molecule has 1 unspecified atom stereocenters. The Balaban J connectivity index is 2.23. The minimum absolute atomic E-state index is 0.386. The number of methoxy groups -OCH3 is 1. The molecule has 1 heterocycles. The van der Waals surface area contributed by atoms with E-state index in [0.29, 0.717) is 28.5 Å². The van der Waals surface area contributed by atoms with Gasteiger partial charge in [-0.1, -0.05) is 0 Å². The van der Waals surface area contributed by atoms with Crippen molar-refractivity contribution in [2.75, 3.05) is 7.11 Å². The van der Waals surface area contributed by atoms with Gasteiger partial charge in [0.05, 0.1) is 24.8 Å². The number of benzene rings is 1. The van der Waals surface area contributed by atoms with E-state index in [1.54, 1.807) is 43.5 Å². The zero-order valence-corrected chi connectivity index (χ0v) is 11.2. The molecule has 0 spiro atoms. The summed E-state index contributed by atoms with van der Waals surface area (Å²) >= 11 is 0. The molecule has 1 aromatic carbocycles. The van der Waals surface area contributed by atoms with Gasteiger partial charge in [-0.2, -0.15) is 5.26 Å². The summed E-state index contributed by atoms with van der Waals surface area (Å²) in [6, 6.07) is 10.3. The summed E-state index contributed by atoms with van der Waals surface area (Å²) in [7, 11) is 1.51. The molecule has 102 valence electrons. The van der Waals surface area contributed by atoms with Gasteiger partial charge in [-0.15, -0.1) is 0 Å². The van der Waals surface area contributed by atoms with E-state index < -0.39 is 6.10 Å². The van der Waals surface area contributed by atoms with Gasteiger partial charge in [-0.05, 0) is 30.7 Å². The van der Waals surface area contributed by atoms with Crippen molar-refractivity contribution in [3.8, 4) is 23.4 Å². The first-order valence-electron chi connectivity index (χ1n) is 6.04. The second-order valence-electron chi connectivity index (χ2n) is 4.19. The molecule has 1 aromatic heterocycles. The second-order valence-corrected chi connectivity index (χ2v) is 4.19. The van der Waals surface area contributed by atoms with Crippen molar-refractivity contribution in [2.24, 2.45) is 0 Å². The fraction of sp³-hybridized carbons (Fsp3) is 0.200. The van der Waals surface area contributed by atoms with Crippen LogP contribution in [0.15, 0.2) is 36.5 Å². The van der Waals surface area contributed by atoms with Crippen molar-refractivity contribution in [3.05, 3.63) is 47.7 Å². The summed E-state index contributed by atoms with van der Waals surface area (Å²) in [5.41, 5.74) is 1.20. The van der Waals surface area contributed by atoms with Crippen LogP contribution in [-0.2, 0) is 0 Å². The summed E-state index contributed by atoms with van der Waals surface area (Å²) < 4.78 is 10.8. The van der Waals surface area contributed by atoms with Gasteiger partial charge in [0.25, 0.3) is 0 Å². The van der Waals surface area contributed by atoms with Gasteiger partial charge in [-0.3, -0.25) is 0 Å². The molecule has 0 bridgehead atoms. The van der Waals surface area contributed by atoms with Crippen LogP contribution in [0.1, 0.15) is 24.2 Å². The number of aromatic nitrogens is 1. The fourth-order valence-electron chi connectivity index (χ4n) is 1.63. The fourth-order valence-corrected chi connectivity index (χ4v) is 1.63. The highest BCUT2D eigenvalue weighted by molar-refractivity contribution is 5.48. The number of nitriles is 1. The number of aliphatic hydroxyl groups is 1. The zero-order chi connectivity index (χ0) is 14.5. The normalized spacial score (nSPS) is 11.5. The lowest BCUT2D eigenvalue weighted by Crippen LogP contribution is -1.95. The van der Waals surface area contributed by atoms with E-state index in [1.165, 1.54) is 7.11 Å². The Labute approximate surface area is 117 Å². The molecule has 0 aliphatic heterocycles. The lowest BCUT2D eigenvalue weighted by molar-refractivity contribution is 0.198. The van der Waals surface area contributed by atoms with E-state index in [4.69, 9.17) is 14.7 Å². The highest BCUT2D eigenvalue weighted by Gasteiger charge is 2.08. The van der Waals surface area contributed by atoms with Gasteiger partial charge < -0.3 is 14.6 Å². The van der Waals surface area contributed by atoms with Crippen LogP contribution >= 0.6 is 0 Å². The van der Waals surface area contributed by atoms with Crippen LogP contribution < -0.4 is 9.47 Å². The van der Waals surface area contributed by atoms with Gasteiger partial charge in [0.1, 0.15) is 0 Å². The summed E-state index contributed by atoms with van der Waals surface area (Å²) in [4.78, 5) is 4.11. The monoisotopic (exact) mass is 270 g/mol. The first kappa shape index (κ1) is 13.8. The molecular formula is C15H14N2O3. The third-order valence-electron chi connectivity index (χ3n) is 2.75. The first-order valence-corrected chi connectivity index (χ1v) is 6.04. The molecule has 1 atom stereocenters. The van der Waals surface area contributed by atoms with Crippen LogP contribution in [-0.4, -0.2) is 17.2 Å². The van der Waals surface area contributed by atoms with Crippen LogP contribution in [0.4, 0.5) is 0 Å². The molecule has 0 amide bonds. The Morgan fingerprint density at radius 3 is 2.60 bits per heavy atom. The van der Waals surface area contributed by atoms with E-state index in [9.17, 15) is 5.11 Å². The number of rotatable bonds is 4. The predicted molar refractivity (Wildman–Crippen MR) is 72.7 cm³/mol. The lowest BCUT2D eigenvalue weighted by atomic mass is 10.2. The predicted octanol–water partition coefficient (Wildman–Crippen LogP) is 2.81. The van der Waals surface area contributed by atoms with Gasteiger partial charge >= 0.3 is 0 Å². The van der Waals surface area contributed by atoms with Crippen molar-refractivity contribution < 1.29 is 14.6 Å². The maximum absolute atomic E-state index is 9.41. The third-order valence-corrected chi connectivity index (χ3v) is 2.75. The van der Waals surface area contributed by atoms with E-state index in [2.05, 4.69) is 4.98 Å². The lowest BCUT2D eigenvalue weighted by Gasteiger charge is -2.10. The maximum atomic E-state index is 9.41. The molecule has 0 fully saturated rings. The molecule has 5 heteroatoms. The molecule has 0 saturated heterocycles. The second kappa shape index (κ2) is 6.04. The molecule has 0 radical (unpaired) electrons. The van der Waals surface area contributed by atoms with Crippen molar-refractivity contribution in [2.45, 2.75) is 13.0 Å². The maximum Gasteiger partial charge on any atom is 0.219 e. The Bertz CT molecular complexity index is 631. The average Bonchev–Trinajstić information content (AvgIpc) is 2.48. The van der Waals surface area contributed by atoms with Crippen molar-refractivity contribution in [1.82, 2.24) is 4.98 Å². The third kappa shape index (κ3) is 3.05. The van der Waals surface area contributed by atoms with Crippen LogP contribution in [0.2, 0.25) is 0 Å². The van der Waals surface area contributed by atoms with E-state index in [0.717, 1.165) is 0 Å². The minimum atomic E-state index is -0.569. The standard InChI is InChI=1S/C15H14N2O3/c1-10(18)12-4-6-15(17-9-12)20-13-5-3-11(8-16)7-14(13)19-2/h3-7,9-10,18H,1-2H3. The van der Waals surface area contributed by atoms with E-state index in [-0.39, 0.29) is 0 Å². The Kier molecular flexibility index (Phi) is 4.18. The molecule has 1 N–H and O–H groups in total. The summed E-state index contributed by atoms with van der Waals surface area (Å²) in [6.07, 6.45) is 0.983. The Hall–Kier alpha value is -2.58. The summed E-state index contributed by atoms with van der Waals surface area (Å²) in [6.45, 7) is 1.67. The van der Waals surface area contributed by atoms with Gasteiger partial charge in [0, 0.05) is 18.3 Å². The first-order chi connectivity index (χ1) is 9.63. The highest BCUT2D eigenvalue weighted by Crippen LogP contribution is 2.31. The summed E-state index contributed by atoms with van der Waals surface area (Å²) in [5.74, 6) is 1.33. The van der Waals surface area contributed by atoms with Gasteiger partial charge in [0.2, 0.25) is 5.88 Å². The number of hydrogen-bond acceptors (Lipinski definition) is 5. The van der Waals surface area contributed by atoms with E-state index >= 15 is 0 Å². The quantitative estimate of drug-likeness (QED) is 0.924. The summed E-state index contributed by atoms with van der Waals surface area (Å²) in [5, 5.41) is 18.3. The topological polar surface area (TPSA) is 75.4 Å². The number of nitrogens with zero attached hydrogens (tertiary/aromatic N) is 2. The van der Waals surface area contributed by atoms with Crippen molar-refractivity contribution >= 4 is 0 Å². The molecule has 0 aliphatic carbocycles. The van der Waals surface area contributed by atoms with Crippen molar-refractivity contribution in [3.63, 3.8) is 0 Å². The van der Waals surface area contributed by atoms with Crippen LogP contribution in [0, 0.1) is 11.3 Å². The van der Waals surface area contributed by atoms with E-state index in [1.807, 2.05) is 6.07 Å². The van der Waals surface area contributed by atoms with Crippen molar-refractivity contribution in [1.29, 1.82) is 5.26 Å². The van der Waals surface area contributed by atoms with Crippen LogP contribution in [0.3, 0.4) is 0 Å². The largest absolute Gasteiger partial charge is 0.493 e. The Morgan fingerprint density at radius 1 is 1.25 bits per heavy atom. The molecule has 2 rings (SSSR count). The van der Waals surface area contributed by atoms with Gasteiger partial charge in [-0.25, -0.2) is 4.98 Å².